The van der Waals surface area contributed by atoms with Crippen molar-refractivity contribution < 1.29 is 14.2 Å². The minimum Gasteiger partial charge on any atom is -0.496 e. The fourth-order valence-electron chi connectivity index (χ4n) is 1.99. The van der Waals surface area contributed by atoms with Crippen molar-refractivity contribution >= 4 is 11.3 Å². The van der Waals surface area contributed by atoms with E-state index < -0.39 is 11.4 Å². The Balaban J connectivity index is 2.60. The van der Waals surface area contributed by atoms with Crippen molar-refractivity contribution in [1.29, 1.82) is 0 Å². The van der Waals surface area contributed by atoms with Crippen LogP contribution in [0.5, 0.6) is 5.75 Å². The van der Waals surface area contributed by atoms with Crippen LogP contribution in [-0.4, -0.2) is 12.2 Å². The molecule has 4 heteroatoms. The van der Waals surface area contributed by atoms with Crippen molar-refractivity contribution in [3.63, 3.8) is 0 Å². The van der Waals surface area contributed by atoms with E-state index in [4.69, 9.17) is 4.74 Å². The number of benzene rings is 1. The highest BCUT2D eigenvalue weighted by molar-refractivity contribution is 7.10. The highest BCUT2D eigenvalue weighted by Gasteiger charge is 2.32. The van der Waals surface area contributed by atoms with Gasteiger partial charge in [0.05, 0.1) is 12.7 Å². The van der Waals surface area contributed by atoms with Crippen molar-refractivity contribution in [2.75, 3.05) is 7.11 Å². The largest absolute Gasteiger partial charge is 0.496 e. The fourth-order valence-corrected chi connectivity index (χ4v) is 2.80. The molecule has 0 aliphatic rings. The summed E-state index contributed by atoms with van der Waals surface area (Å²) >= 11 is 1.52. The molecule has 2 aromatic rings. The van der Waals surface area contributed by atoms with E-state index in [1.54, 1.807) is 19.1 Å². The molecule has 0 saturated heterocycles. The number of rotatable bonds is 3. The minimum atomic E-state index is -1.40. The lowest BCUT2D eigenvalue weighted by molar-refractivity contribution is 0.0949. The van der Waals surface area contributed by atoms with E-state index in [-0.39, 0.29) is 5.56 Å². The van der Waals surface area contributed by atoms with E-state index in [0.717, 1.165) is 4.88 Å². The van der Waals surface area contributed by atoms with Gasteiger partial charge >= 0.3 is 0 Å². The third kappa shape index (κ3) is 2.13. The Morgan fingerprint density at radius 1 is 1.39 bits per heavy atom. The lowest BCUT2D eigenvalue weighted by Crippen LogP contribution is -2.24. The maximum absolute atomic E-state index is 14.0. The molecular formula is C14H15FO2S. The third-order valence-electron chi connectivity index (χ3n) is 2.97. The molecule has 0 radical (unpaired) electrons. The average Bonchev–Trinajstić information content (AvgIpc) is 2.75. The number of aryl methyl sites for hydroxylation is 1. The summed E-state index contributed by atoms with van der Waals surface area (Å²) in [7, 11) is 1.47. The molecule has 0 aliphatic heterocycles. The van der Waals surface area contributed by atoms with Gasteiger partial charge in [0.15, 0.2) is 0 Å². The minimum absolute atomic E-state index is 0.172. The summed E-state index contributed by atoms with van der Waals surface area (Å²) in [5.74, 6) is -0.118. The summed E-state index contributed by atoms with van der Waals surface area (Å²) in [5, 5.41) is 12.5. The van der Waals surface area contributed by atoms with Gasteiger partial charge in [-0.25, -0.2) is 4.39 Å². The van der Waals surface area contributed by atoms with Crippen molar-refractivity contribution in [3.05, 3.63) is 51.5 Å². The SMILES string of the molecule is COc1cccc(F)c1C(C)(O)c1csc(C)c1. The molecule has 96 valence electrons. The van der Waals surface area contributed by atoms with Gasteiger partial charge in [0.25, 0.3) is 0 Å². The van der Waals surface area contributed by atoms with Crippen LogP contribution in [0.4, 0.5) is 4.39 Å². The van der Waals surface area contributed by atoms with Crippen LogP contribution in [0.25, 0.3) is 0 Å². The Hall–Kier alpha value is -1.39. The molecule has 1 unspecified atom stereocenters. The van der Waals surface area contributed by atoms with E-state index >= 15 is 0 Å². The summed E-state index contributed by atoms with van der Waals surface area (Å²) in [6.07, 6.45) is 0. The number of hydrogen-bond donors (Lipinski definition) is 1. The fraction of sp³-hybridized carbons (Fsp3) is 0.286. The van der Waals surface area contributed by atoms with Crippen LogP contribution < -0.4 is 4.74 Å². The zero-order valence-electron chi connectivity index (χ0n) is 10.5. The van der Waals surface area contributed by atoms with Crippen molar-refractivity contribution in [3.8, 4) is 5.75 Å². The normalized spacial score (nSPS) is 14.3. The maximum atomic E-state index is 14.0. The van der Waals surface area contributed by atoms with E-state index in [0.29, 0.717) is 11.3 Å². The summed E-state index contributed by atoms with van der Waals surface area (Å²) in [4.78, 5) is 1.07. The topological polar surface area (TPSA) is 29.5 Å². The zero-order chi connectivity index (χ0) is 13.3. The van der Waals surface area contributed by atoms with Gasteiger partial charge < -0.3 is 9.84 Å². The third-order valence-corrected chi connectivity index (χ3v) is 3.84. The summed E-state index contributed by atoms with van der Waals surface area (Å²) < 4.78 is 19.1. The van der Waals surface area contributed by atoms with Gasteiger partial charge in [0.1, 0.15) is 17.2 Å². The Kier molecular flexibility index (Phi) is 3.41. The maximum Gasteiger partial charge on any atom is 0.133 e. The van der Waals surface area contributed by atoms with E-state index in [1.807, 2.05) is 18.4 Å². The number of hydrogen-bond acceptors (Lipinski definition) is 3. The molecule has 1 atom stereocenters. The Bertz CT molecular complexity index is 561. The number of thiophene rings is 1. The Morgan fingerprint density at radius 3 is 2.67 bits per heavy atom. The number of halogens is 1. The second-order valence-electron chi connectivity index (χ2n) is 4.34. The molecule has 0 fully saturated rings. The first-order valence-electron chi connectivity index (χ1n) is 5.57. The first-order chi connectivity index (χ1) is 8.46. The highest BCUT2D eigenvalue weighted by Crippen LogP contribution is 2.38. The van der Waals surface area contributed by atoms with Crippen LogP contribution in [0, 0.1) is 12.7 Å². The second-order valence-corrected chi connectivity index (χ2v) is 5.45. The molecule has 1 N–H and O–H groups in total. The first-order valence-corrected chi connectivity index (χ1v) is 6.45. The van der Waals surface area contributed by atoms with Crippen molar-refractivity contribution in [1.82, 2.24) is 0 Å². The van der Waals surface area contributed by atoms with Crippen LogP contribution >= 0.6 is 11.3 Å². The molecule has 2 nitrogen and oxygen atoms in total. The molecule has 2 rings (SSSR count). The van der Waals surface area contributed by atoms with Crippen LogP contribution in [0.3, 0.4) is 0 Å². The van der Waals surface area contributed by atoms with Crippen LogP contribution in [0.15, 0.2) is 29.6 Å². The molecular weight excluding hydrogens is 251 g/mol. The molecule has 0 aliphatic carbocycles. The lowest BCUT2D eigenvalue weighted by Gasteiger charge is -2.25. The monoisotopic (exact) mass is 266 g/mol. The van der Waals surface area contributed by atoms with Gasteiger partial charge in [0, 0.05) is 4.88 Å². The predicted octanol–water partition coefficient (Wildman–Crippen LogP) is 3.46. The van der Waals surface area contributed by atoms with Gasteiger partial charge in [-0.2, -0.15) is 0 Å². The van der Waals surface area contributed by atoms with E-state index in [2.05, 4.69) is 0 Å². The number of aliphatic hydroxyl groups is 1. The summed E-state index contributed by atoms with van der Waals surface area (Å²) in [5.41, 5.74) is -0.555. The van der Waals surface area contributed by atoms with Crippen molar-refractivity contribution in [2.45, 2.75) is 19.4 Å². The van der Waals surface area contributed by atoms with E-state index in [9.17, 15) is 9.50 Å². The van der Waals surface area contributed by atoms with Gasteiger partial charge in [0.2, 0.25) is 0 Å². The average molecular weight is 266 g/mol. The molecule has 0 saturated carbocycles. The van der Waals surface area contributed by atoms with Gasteiger partial charge in [-0.1, -0.05) is 6.07 Å². The Labute approximate surface area is 110 Å². The van der Waals surface area contributed by atoms with Crippen LogP contribution in [-0.2, 0) is 5.60 Å². The lowest BCUT2D eigenvalue weighted by atomic mass is 9.88. The second kappa shape index (κ2) is 4.71. The quantitative estimate of drug-likeness (QED) is 0.922. The Morgan fingerprint density at radius 2 is 2.11 bits per heavy atom. The van der Waals surface area contributed by atoms with Gasteiger partial charge in [-0.3, -0.25) is 0 Å². The molecule has 0 bridgehead atoms. The molecule has 1 aromatic carbocycles. The molecule has 18 heavy (non-hydrogen) atoms. The molecule has 0 spiro atoms. The van der Waals surface area contributed by atoms with Gasteiger partial charge in [-0.05, 0) is 43.0 Å². The predicted molar refractivity (Wildman–Crippen MR) is 70.7 cm³/mol. The summed E-state index contributed by atoms with van der Waals surface area (Å²) in [6, 6.07) is 6.39. The zero-order valence-corrected chi connectivity index (χ0v) is 11.3. The first kappa shape index (κ1) is 13.1. The standard InChI is InChI=1S/C14H15FO2S/c1-9-7-10(8-18-9)14(2,16)13-11(15)5-4-6-12(13)17-3/h4-8,16H,1-3H3. The van der Waals surface area contributed by atoms with E-state index in [1.165, 1.54) is 24.5 Å². The molecule has 0 amide bonds. The van der Waals surface area contributed by atoms with Crippen LogP contribution in [0.2, 0.25) is 0 Å². The van der Waals surface area contributed by atoms with Gasteiger partial charge in [-0.15, -0.1) is 11.3 Å². The number of ether oxygens (including phenoxy) is 1. The number of methoxy groups -OCH3 is 1. The molecule has 1 heterocycles. The smallest absolute Gasteiger partial charge is 0.133 e. The highest BCUT2D eigenvalue weighted by atomic mass is 32.1. The van der Waals surface area contributed by atoms with Crippen molar-refractivity contribution in [2.24, 2.45) is 0 Å². The summed E-state index contributed by atoms with van der Waals surface area (Å²) in [6.45, 7) is 3.53. The van der Waals surface area contributed by atoms with Crippen LogP contribution in [0.1, 0.15) is 22.9 Å². The molecule has 1 aromatic heterocycles.